The highest BCUT2D eigenvalue weighted by atomic mass is 35.5. The molecular weight excluding hydrogens is 311 g/mol. The van der Waals surface area contributed by atoms with E-state index in [2.05, 4.69) is 15.4 Å². The van der Waals surface area contributed by atoms with Crippen molar-refractivity contribution in [2.75, 3.05) is 0 Å². The Balaban J connectivity index is 2.08. The van der Waals surface area contributed by atoms with E-state index in [-0.39, 0.29) is 5.91 Å². The molecule has 1 heterocycles. The van der Waals surface area contributed by atoms with Crippen molar-refractivity contribution >= 4 is 40.1 Å². The number of aromatic nitrogens is 2. The van der Waals surface area contributed by atoms with Crippen molar-refractivity contribution < 1.29 is 4.79 Å². The molecule has 1 amide bonds. The average Bonchev–Trinajstić information content (AvgIpc) is 2.92. The zero-order valence-electron chi connectivity index (χ0n) is 10.7. The molecule has 2 aromatic carbocycles. The molecule has 0 spiro atoms. The first-order valence-electron chi connectivity index (χ1n) is 6.04. The van der Waals surface area contributed by atoms with E-state index in [4.69, 9.17) is 29.0 Å². The molecule has 0 aliphatic heterocycles. The molecule has 0 aliphatic rings. The molecule has 21 heavy (non-hydrogen) atoms. The third kappa shape index (κ3) is 2.58. The summed E-state index contributed by atoms with van der Waals surface area (Å²) in [6, 6.07) is 10.3. The molecule has 0 atom stereocenters. The molecule has 0 aliphatic carbocycles. The Morgan fingerprint density at radius 1 is 1.14 bits per heavy atom. The Morgan fingerprint density at radius 2 is 1.95 bits per heavy atom. The number of halogens is 2. The van der Waals surface area contributed by atoms with Gasteiger partial charge < -0.3 is 4.98 Å². The predicted molar refractivity (Wildman–Crippen MR) is 83.2 cm³/mol. The lowest BCUT2D eigenvalue weighted by molar-refractivity contribution is 0.0954. The van der Waals surface area contributed by atoms with Crippen molar-refractivity contribution in [1.29, 1.82) is 0 Å². The molecule has 0 saturated carbocycles. The van der Waals surface area contributed by atoms with Crippen LogP contribution in [0.4, 0.5) is 0 Å². The Hall–Kier alpha value is -2.08. The molecule has 0 bridgehead atoms. The Bertz CT molecular complexity index is 844. The summed E-state index contributed by atoms with van der Waals surface area (Å²) in [4.78, 5) is 19.1. The third-order valence-corrected chi connectivity index (χ3v) is 3.81. The molecule has 7 heteroatoms. The van der Waals surface area contributed by atoms with Crippen molar-refractivity contribution in [2.24, 2.45) is 5.84 Å². The summed E-state index contributed by atoms with van der Waals surface area (Å²) in [6.45, 7) is 0. The molecule has 0 fully saturated rings. The molecule has 4 N–H and O–H groups in total. The Labute approximate surface area is 130 Å². The van der Waals surface area contributed by atoms with Gasteiger partial charge in [0.25, 0.3) is 5.91 Å². The average molecular weight is 321 g/mol. The van der Waals surface area contributed by atoms with E-state index in [1.807, 2.05) is 6.07 Å². The van der Waals surface area contributed by atoms with Gasteiger partial charge in [0, 0.05) is 11.1 Å². The fraction of sp³-hybridized carbons (Fsp3) is 0. The topological polar surface area (TPSA) is 83.8 Å². The van der Waals surface area contributed by atoms with Crippen LogP contribution in [-0.2, 0) is 0 Å². The van der Waals surface area contributed by atoms with Gasteiger partial charge in [-0.2, -0.15) is 0 Å². The number of carbonyl (C=O) groups excluding carboxylic acids is 1. The van der Waals surface area contributed by atoms with Crippen LogP contribution in [0.15, 0.2) is 36.4 Å². The lowest BCUT2D eigenvalue weighted by Gasteiger charge is -1.99. The minimum Gasteiger partial charge on any atom is -0.338 e. The zero-order valence-corrected chi connectivity index (χ0v) is 12.2. The second kappa shape index (κ2) is 5.37. The van der Waals surface area contributed by atoms with Gasteiger partial charge in [-0.25, -0.2) is 10.8 Å². The van der Waals surface area contributed by atoms with Crippen LogP contribution in [0.2, 0.25) is 10.0 Å². The quantitative estimate of drug-likeness (QED) is 0.385. The number of amides is 1. The number of H-pyrrole nitrogens is 1. The number of hydrazine groups is 1. The predicted octanol–water partition coefficient (Wildman–Crippen LogP) is 3.14. The Kier molecular flexibility index (Phi) is 3.55. The van der Waals surface area contributed by atoms with Gasteiger partial charge in [0.05, 0.1) is 21.1 Å². The van der Waals surface area contributed by atoms with E-state index >= 15 is 0 Å². The van der Waals surface area contributed by atoms with Gasteiger partial charge in [0.1, 0.15) is 5.82 Å². The first-order valence-corrected chi connectivity index (χ1v) is 6.80. The van der Waals surface area contributed by atoms with Crippen molar-refractivity contribution in [3.8, 4) is 11.4 Å². The maximum absolute atomic E-state index is 11.5. The summed E-state index contributed by atoms with van der Waals surface area (Å²) in [5.74, 6) is 5.41. The van der Waals surface area contributed by atoms with E-state index in [1.165, 1.54) is 0 Å². The first-order chi connectivity index (χ1) is 10.1. The number of hydrogen-bond acceptors (Lipinski definition) is 3. The third-order valence-electron chi connectivity index (χ3n) is 3.07. The summed E-state index contributed by atoms with van der Waals surface area (Å²) < 4.78 is 0. The van der Waals surface area contributed by atoms with Crippen LogP contribution in [-0.4, -0.2) is 15.9 Å². The highest BCUT2D eigenvalue weighted by Gasteiger charge is 2.10. The number of benzene rings is 2. The first kappa shape index (κ1) is 13.9. The summed E-state index contributed by atoms with van der Waals surface area (Å²) in [5.41, 5.74) is 4.83. The number of imidazole rings is 1. The lowest BCUT2D eigenvalue weighted by atomic mass is 10.2. The van der Waals surface area contributed by atoms with Gasteiger partial charge in [-0.15, -0.1) is 0 Å². The molecule has 106 valence electrons. The van der Waals surface area contributed by atoms with Crippen LogP contribution in [0.3, 0.4) is 0 Å². The number of rotatable bonds is 2. The number of fused-ring (bicyclic) bond motifs is 1. The van der Waals surface area contributed by atoms with Crippen LogP contribution in [0.1, 0.15) is 10.4 Å². The van der Waals surface area contributed by atoms with E-state index < -0.39 is 0 Å². The standard InChI is InChI=1S/C14H10Cl2N4O/c15-9-3-1-7(5-10(9)16)13-18-11-4-2-8(14(21)20-17)6-12(11)19-13/h1-6H,17H2,(H,18,19)(H,20,21). The van der Waals surface area contributed by atoms with Crippen molar-refractivity contribution in [2.45, 2.75) is 0 Å². The van der Waals surface area contributed by atoms with Crippen LogP contribution in [0.5, 0.6) is 0 Å². The van der Waals surface area contributed by atoms with Gasteiger partial charge in [0.15, 0.2) is 0 Å². The summed E-state index contributed by atoms with van der Waals surface area (Å²) in [6.07, 6.45) is 0. The van der Waals surface area contributed by atoms with Crippen molar-refractivity contribution in [3.05, 3.63) is 52.0 Å². The molecule has 0 unspecified atom stereocenters. The molecule has 3 rings (SSSR count). The van der Waals surface area contributed by atoms with Crippen LogP contribution in [0, 0.1) is 0 Å². The highest BCUT2D eigenvalue weighted by molar-refractivity contribution is 6.42. The number of aromatic amines is 1. The van der Waals surface area contributed by atoms with E-state index in [0.717, 1.165) is 16.6 Å². The molecule has 0 saturated heterocycles. The van der Waals surface area contributed by atoms with Crippen LogP contribution in [0.25, 0.3) is 22.4 Å². The maximum atomic E-state index is 11.5. The fourth-order valence-electron chi connectivity index (χ4n) is 2.01. The molecule has 1 aromatic heterocycles. The van der Waals surface area contributed by atoms with Gasteiger partial charge in [0.2, 0.25) is 0 Å². The maximum Gasteiger partial charge on any atom is 0.265 e. The van der Waals surface area contributed by atoms with Crippen LogP contribution >= 0.6 is 23.2 Å². The number of carbonyl (C=O) groups is 1. The van der Waals surface area contributed by atoms with E-state index in [0.29, 0.717) is 21.4 Å². The van der Waals surface area contributed by atoms with Gasteiger partial charge in [-0.1, -0.05) is 23.2 Å². The van der Waals surface area contributed by atoms with E-state index in [1.54, 1.807) is 30.3 Å². The van der Waals surface area contributed by atoms with E-state index in [9.17, 15) is 4.79 Å². The number of nitrogens with zero attached hydrogens (tertiary/aromatic N) is 1. The Morgan fingerprint density at radius 3 is 2.67 bits per heavy atom. The molecule has 5 nitrogen and oxygen atoms in total. The van der Waals surface area contributed by atoms with Gasteiger partial charge in [-0.3, -0.25) is 10.2 Å². The van der Waals surface area contributed by atoms with Gasteiger partial charge >= 0.3 is 0 Å². The van der Waals surface area contributed by atoms with Crippen molar-refractivity contribution in [3.63, 3.8) is 0 Å². The smallest absolute Gasteiger partial charge is 0.265 e. The number of nitrogen functional groups attached to an aromatic ring is 1. The summed E-state index contributed by atoms with van der Waals surface area (Å²) in [5, 5.41) is 0.941. The molecule has 3 aromatic rings. The summed E-state index contributed by atoms with van der Waals surface area (Å²) in [7, 11) is 0. The van der Waals surface area contributed by atoms with Crippen molar-refractivity contribution in [1.82, 2.24) is 15.4 Å². The second-order valence-corrected chi connectivity index (χ2v) is 5.23. The normalized spacial score (nSPS) is 10.8. The monoisotopic (exact) mass is 320 g/mol. The summed E-state index contributed by atoms with van der Waals surface area (Å²) >= 11 is 11.9. The fourth-order valence-corrected chi connectivity index (χ4v) is 2.31. The highest BCUT2D eigenvalue weighted by Crippen LogP contribution is 2.28. The zero-order chi connectivity index (χ0) is 15.0. The molecular formula is C14H10Cl2N4O. The minimum absolute atomic E-state index is 0.359. The van der Waals surface area contributed by atoms with Gasteiger partial charge in [-0.05, 0) is 36.4 Å². The minimum atomic E-state index is -0.359. The number of nitrogens with one attached hydrogen (secondary N) is 2. The van der Waals surface area contributed by atoms with Crippen LogP contribution < -0.4 is 11.3 Å². The number of hydrogen-bond donors (Lipinski definition) is 3. The lowest BCUT2D eigenvalue weighted by Crippen LogP contribution is -2.29. The number of nitrogens with two attached hydrogens (primary N) is 1. The SMILES string of the molecule is NNC(=O)c1ccc2nc(-c3ccc(Cl)c(Cl)c3)[nH]c2c1. The second-order valence-electron chi connectivity index (χ2n) is 4.42. The largest absolute Gasteiger partial charge is 0.338 e. The molecule has 0 radical (unpaired) electrons.